The third-order valence-electron chi connectivity index (χ3n) is 1.24. The lowest BCUT2D eigenvalue weighted by Crippen LogP contribution is -2.12. The number of anilines is 1. The fraction of sp³-hybridized carbons (Fsp3) is 0. The topological polar surface area (TPSA) is 96.2 Å². The Hall–Kier alpha value is -1.49. The maximum Gasteiger partial charge on any atom is 0.340 e. The average molecular weight is 189 g/mol. The molecule has 0 aliphatic carbocycles. The van der Waals surface area contributed by atoms with Crippen LogP contribution < -0.4 is 11.3 Å². The van der Waals surface area contributed by atoms with Crippen molar-refractivity contribution in [1.29, 1.82) is 0 Å². The average Bonchev–Trinajstić information content (AvgIpc) is 1.82. The maximum absolute atomic E-state index is 10.7. The van der Waals surface area contributed by atoms with Crippen LogP contribution in [0.4, 0.5) is 5.69 Å². The minimum atomic E-state index is -1.27. The van der Waals surface area contributed by atoms with E-state index in [1.54, 1.807) is 0 Å². The summed E-state index contributed by atoms with van der Waals surface area (Å²) in [6.45, 7) is 0. The highest BCUT2D eigenvalue weighted by Gasteiger charge is 2.13. The number of aromatic nitrogens is 1. The van der Waals surface area contributed by atoms with Crippen LogP contribution in [-0.4, -0.2) is 16.1 Å². The molecular formula is C6H5ClN2O3. The quantitative estimate of drug-likeness (QED) is 0.553. The first-order valence-electron chi connectivity index (χ1n) is 2.94. The third kappa shape index (κ3) is 1.40. The Kier molecular flexibility index (Phi) is 2.05. The molecule has 0 bridgehead atoms. The molecule has 0 aliphatic rings. The number of aromatic amines is 1. The minimum Gasteiger partial charge on any atom is -0.478 e. The van der Waals surface area contributed by atoms with E-state index in [2.05, 4.69) is 4.98 Å². The van der Waals surface area contributed by atoms with Gasteiger partial charge in [0.1, 0.15) is 10.7 Å². The molecule has 0 atom stereocenters. The van der Waals surface area contributed by atoms with Gasteiger partial charge in [-0.05, 0) is 0 Å². The number of nitrogens with one attached hydrogen (secondary N) is 1. The van der Waals surface area contributed by atoms with Crippen LogP contribution in [0.25, 0.3) is 0 Å². The van der Waals surface area contributed by atoms with Crippen LogP contribution in [0.15, 0.2) is 10.9 Å². The van der Waals surface area contributed by atoms with Crippen molar-refractivity contribution in [3.8, 4) is 0 Å². The van der Waals surface area contributed by atoms with Crippen molar-refractivity contribution in [2.45, 2.75) is 0 Å². The van der Waals surface area contributed by atoms with Gasteiger partial charge in [0.2, 0.25) is 0 Å². The standard InChI is InChI=1S/C6H5ClN2O3/c7-5-4(6(11)12)2(8)1-3(10)9-5/h1H,(H,11,12)(H3,8,9,10). The van der Waals surface area contributed by atoms with E-state index >= 15 is 0 Å². The number of hydrogen-bond acceptors (Lipinski definition) is 3. The molecule has 4 N–H and O–H groups in total. The minimum absolute atomic E-state index is 0.142. The van der Waals surface area contributed by atoms with Crippen LogP contribution in [0.3, 0.4) is 0 Å². The molecule has 0 amide bonds. The van der Waals surface area contributed by atoms with Crippen LogP contribution in [0.1, 0.15) is 10.4 Å². The Labute approximate surface area is 71.8 Å². The van der Waals surface area contributed by atoms with Crippen molar-refractivity contribution in [3.63, 3.8) is 0 Å². The summed E-state index contributed by atoms with van der Waals surface area (Å²) in [7, 11) is 0. The van der Waals surface area contributed by atoms with E-state index in [0.717, 1.165) is 6.07 Å². The lowest BCUT2D eigenvalue weighted by Gasteiger charge is -2.00. The van der Waals surface area contributed by atoms with Crippen molar-refractivity contribution in [2.24, 2.45) is 0 Å². The number of H-pyrrole nitrogens is 1. The van der Waals surface area contributed by atoms with Gasteiger partial charge in [0.25, 0.3) is 5.56 Å². The van der Waals surface area contributed by atoms with Gasteiger partial charge in [-0.25, -0.2) is 4.79 Å². The molecule has 0 saturated heterocycles. The van der Waals surface area contributed by atoms with Crippen molar-refractivity contribution < 1.29 is 9.90 Å². The van der Waals surface area contributed by atoms with Crippen LogP contribution in [0.5, 0.6) is 0 Å². The first-order chi connectivity index (χ1) is 5.52. The Morgan fingerprint density at radius 1 is 1.67 bits per heavy atom. The number of carboxylic acid groups (broad SMARTS) is 1. The Morgan fingerprint density at radius 2 is 2.25 bits per heavy atom. The molecule has 0 fully saturated rings. The van der Waals surface area contributed by atoms with Gasteiger partial charge in [-0.3, -0.25) is 4.79 Å². The number of pyridine rings is 1. The van der Waals surface area contributed by atoms with Gasteiger partial charge in [0, 0.05) is 6.07 Å². The Morgan fingerprint density at radius 3 is 2.67 bits per heavy atom. The monoisotopic (exact) mass is 188 g/mol. The zero-order valence-corrected chi connectivity index (χ0v) is 6.55. The van der Waals surface area contributed by atoms with E-state index in [4.69, 9.17) is 22.4 Å². The molecule has 0 saturated carbocycles. The largest absolute Gasteiger partial charge is 0.478 e. The summed E-state index contributed by atoms with van der Waals surface area (Å²) in [4.78, 5) is 23.3. The first-order valence-corrected chi connectivity index (χ1v) is 3.31. The molecule has 1 rings (SSSR count). The van der Waals surface area contributed by atoms with Crippen molar-refractivity contribution in [2.75, 3.05) is 5.73 Å². The van der Waals surface area contributed by atoms with Gasteiger partial charge in [-0.2, -0.15) is 0 Å². The van der Waals surface area contributed by atoms with Crippen molar-refractivity contribution in [3.05, 3.63) is 27.1 Å². The number of aromatic carboxylic acids is 1. The summed E-state index contributed by atoms with van der Waals surface area (Å²) in [6.07, 6.45) is 0. The third-order valence-corrected chi connectivity index (χ3v) is 1.53. The molecular weight excluding hydrogens is 184 g/mol. The number of hydrogen-bond donors (Lipinski definition) is 3. The summed E-state index contributed by atoms with van der Waals surface area (Å²) in [6, 6.07) is 0.968. The molecule has 6 heteroatoms. The number of carbonyl (C=O) groups is 1. The zero-order valence-electron chi connectivity index (χ0n) is 5.80. The first kappa shape index (κ1) is 8.61. The second-order valence-corrected chi connectivity index (χ2v) is 2.46. The molecule has 5 nitrogen and oxygen atoms in total. The van der Waals surface area contributed by atoms with Gasteiger partial charge in [0.05, 0.1) is 5.69 Å². The van der Waals surface area contributed by atoms with Crippen LogP contribution in [0, 0.1) is 0 Å². The summed E-state index contributed by atoms with van der Waals surface area (Å²) in [5.74, 6) is -1.27. The molecule has 1 aromatic heterocycles. The molecule has 0 radical (unpaired) electrons. The van der Waals surface area contributed by atoms with E-state index in [0.29, 0.717) is 0 Å². The summed E-state index contributed by atoms with van der Waals surface area (Å²) >= 11 is 5.41. The fourth-order valence-electron chi connectivity index (χ4n) is 0.764. The summed E-state index contributed by atoms with van der Waals surface area (Å²) in [5.41, 5.74) is 4.29. The van der Waals surface area contributed by atoms with Gasteiger partial charge < -0.3 is 15.8 Å². The number of halogens is 1. The highest BCUT2D eigenvalue weighted by Crippen LogP contribution is 2.16. The molecule has 1 heterocycles. The number of nitrogens with two attached hydrogens (primary N) is 1. The lowest BCUT2D eigenvalue weighted by atomic mass is 10.2. The van der Waals surface area contributed by atoms with Gasteiger partial charge in [-0.1, -0.05) is 11.6 Å². The van der Waals surface area contributed by atoms with Crippen LogP contribution >= 0.6 is 11.6 Å². The Balaban J connectivity index is 3.48. The van der Waals surface area contributed by atoms with Crippen molar-refractivity contribution in [1.82, 2.24) is 4.98 Å². The SMILES string of the molecule is Nc1cc(=O)[nH]c(Cl)c1C(=O)O. The summed E-state index contributed by atoms with van der Waals surface area (Å²) < 4.78 is 0. The molecule has 0 aliphatic heterocycles. The second-order valence-electron chi connectivity index (χ2n) is 2.08. The highest BCUT2D eigenvalue weighted by atomic mass is 35.5. The maximum atomic E-state index is 10.7. The smallest absolute Gasteiger partial charge is 0.340 e. The second kappa shape index (κ2) is 2.86. The molecule has 12 heavy (non-hydrogen) atoms. The summed E-state index contributed by atoms with van der Waals surface area (Å²) in [5, 5.41) is 8.29. The van der Waals surface area contributed by atoms with Gasteiger partial charge >= 0.3 is 5.97 Å². The van der Waals surface area contributed by atoms with E-state index < -0.39 is 11.5 Å². The molecule has 0 aromatic carbocycles. The predicted octanol–water partition coefficient (Wildman–Crippen LogP) is 0.309. The van der Waals surface area contributed by atoms with E-state index in [1.807, 2.05) is 0 Å². The molecule has 0 unspecified atom stereocenters. The predicted molar refractivity (Wildman–Crippen MR) is 43.4 cm³/mol. The van der Waals surface area contributed by atoms with Crippen LogP contribution in [0.2, 0.25) is 5.15 Å². The number of carboxylic acids is 1. The van der Waals surface area contributed by atoms with Gasteiger partial charge in [0.15, 0.2) is 0 Å². The fourth-order valence-corrected chi connectivity index (χ4v) is 1.05. The highest BCUT2D eigenvalue weighted by molar-refractivity contribution is 6.32. The van der Waals surface area contributed by atoms with Gasteiger partial charge in [-0.15, -0.1) is 0 Å². The van der Waals surface area contributed by atoms with E-state index in [9.17, 15) is 9.59 Å². The van der Waals surface area contributed by atoms with Crippen LogP contribution in [-0.2, 0) is 0 Å². The normalized spacial score (nSPS) is 9.75. The van der Waals surface area contributed by atoms with E-state index in [1.165, 1.54) is 0 Å². The molecule has 1 aromatic rings. The molecule has 0 spiro atoms. The molecule has 64 valence electrons. The van der Waals surface area contributed by atoms with E-state index in [-0.39, 0.29) is 16.4 Å². The van der Waals surface area contributed by atoms with Crippen molar-refractivity contribution >= 4 is 23.3 Å². The lowest BCUT2D eigenvalue weighted by molar-refractivity contribution is 0.0698. The zero-order chi connectivity index (χ0) is 9.30. The Bertz CT molecular complexity index is 359. The number of rotatable bonds is 1. The number of nitrogen functional groups attached to an aromatic ring is 1.